The van der Waals surface area contributed by atoms with Crippen LogP contribution >= 0.6 is 11.3 Å². The largest absolute Gasteiger partial charge is 0.346 e. The highest BCUT2D eigenvalue weighted by atomic mass is 32.1. The monoisotopic (exact) mass is 391 g/mol. The topological polar surface area (TPSA) is 54.7 Å². The van der Waals surface area contributed by atoms with E-state index in [2.05, 4.69) is 4.99 Å². The molecule has 0 unspecified atom stereocenters. The second-order valence-corrected chi connectivity index (χ2v) is 7.67. The zero-order valence-corrected chi connectivity index (χ0v) is 16.5. The zero-order chi connectivity index (χ0) is 19.5. The van der Waals surface area contributed by atoms with Crippen molar-refractivity contribution in [1.29, 1.82) is 0 Å². The molecule has 2 amide bonds. The number of nitrogens with zero attached hydrogens (tertiary/aromatic N) is 3. The van der Waals surface area contributed by atoms with E-state index in [0.717, 1.165) is 42.7 Å². The molecule has 0 saturated carbocycles. The maximum Gasteiger partial charge on any atom is 0.346 e. The minimum absolute atomic E-state index is 0.0494. The Kier molecular flexibility index (Phi) is 5.21. The molecule has 1 fully saturated rings. The van der Waals surface area contributed by atoms with Crippen LogP contribution in [0.25, 0.3) is 16.8 Å². The smallest absolute Gasteiger partial charge is 0.323 e. The first kappa shape index (κ1) is 18.4. The first-order valence-corrected chi connectivity index (χ1v) is 10.2. The van der Waals surface area contributed by atoms with E-state index < -0.39 is 0 Å². The van der Waals surface area contributed by atoms with Gasteiger partial charge in [-0.05, 0) is 43.0 Å². The minimum Gasteiger partial charge on any atom is -0.323 e. The van der Waals surface area contributed by atoms with Gasteiger partial charge in [-0.3, -0.25) is 9.36 Å². The van der Waals surface area contributed by atoms with Gasteiger partial charge in [0.1, 0.15) is 0 Å². The van der Waals surface area contributed by atoms with Crippen LogP contribution in [0.4, 0.5) is 4.79 Å². The molecule has 6 heteroatoms. The molecule has 0 spiro atoms. The Hall–Kier alpha value is -2.99. The quantitative estimate of drug-likeness (QED) is 0.616. The van der Waals surface area contributed by atoms with Gasteiger partial charge in [0, 0.05) is 35.9 Å². The first-order valence-electron chi connectivity index (χ1n) is 9.34. The summed E-state index contributed by atoms with van der Waals surface area (Å²) < 4.78 is 1.92. The van der Waals surface area contributed by atoms with Gasteiger partial charge >= 0.3 is 6.03 Å². The van der Waals surface area contributed by atoms with Crippen LogP contribution in [0.15, 0.2) is 65.1 Å². The number of urea groups is 1. The second-order valence-electron chi connectivity index (χ2n) is 6.79. The van der Waals surface area contributed by atoms with E-state index in [4.69, 9.17) is 0 Å². The summed E-state index contributed by atoms with van der Waals surface area (Å²) in [6.45, 7) is 3.16. The Bertz CT molecular complexity index is 1070. The average Bonchev–Trinajstić information content (AvgIpc) is 3.40. The SMILES string of the molecule is CC(=O)c1ccccc1-c1ccc(-n2ccs/c2=N\C(=O)N2CCCC2)cc1. The number of benzene rings is 2. The van der Waals surface area contributed by atoms with Crippen molar-refractivity contribution in [2.24, 2.45) is 4.99 Å². The van der Waals surface area contributed by atoms with Crippen LogP contribution in [0.1, 0.15) is 30.1 Å². The lowest BCUT2D eigenvalue weighted by Gasteiger charge is -2.11. The summed E-state index contributed by atoms with van der Waals surface area (Å²) in [4.78, 5) is 31.0. The van der Waals surface area contributed by atoms with E-state index in [1.165, 1.54) is 11.3 Å². The molecule has 3 aromatic rings. The van der Waals surface area contributed by atoms with Crippen LogP contribution in [0, 0.1) is 0 Å². The molecule has 1 aliphatic rings. The Morgan fingerprint density at radius 3 is 2.43 bits per heavy atom. The van der Waals surface area contributed by atoms with Gasteiger partial charge in [0.05, 0.1) is 0 Å². The van der Waals surface area contributed by atoms with Crippen molar-refractivity contribution in [3.05, 3.63) is 70.5 Å². The third-order valence-corrected chi connectivity index (χ3v) is 5.68. The Balaban J connectivity index is 1.65. The van der Waals surface area contributed by atoms with Crippen LogP contribution in [-0.4, -0.2) is 34.4 Å². The lowest BCUT2D eigenvalue weighted by atomic mass is 9.97. The van der Waals surface area contributed by atoms with Gasteiger partial charge in [0.25, 0.3) is 0 Å². The first-order chi connectivity index (χ1) is 13.6. The van der Waals surface area contributed by atoms with Gasteiger partial charge in [0.15, 0.2) is 10.6 Å². The van der Waals surface area contributed by atoms with E-state index in [0.29, 0.717) is 10.4 Å². The predicted octanol–water partition coefficient (Wildman–Crippen LogP) is 4.52. The summed E-state index contributed by atoms with van der Waals surface area (Å²) in [6, 6.07) is 15.4. The van der Waals surface area contributed by atoms with Crippen LogP contribution in [0.2, 0.25) is 0 Å². The molecule has 1 saturated heterocycles. The molecule has 0 aliphatic carbocycles. The number of carbonyl (C=O) groups excluding carboxylic acids is 2. The van der Waals surface area contributed by atoms with Gasteiger partial charge in [-0.25, -0.2) is 4.79 Å². The number of amides is 2. The van der Waals surface area contributed by atoms with Crippen molar-refractivity contribution in [3.8, 4) is 16.8 Å². The molecule has 1 aromatic heterocycles. The predicted molar refractivity (Wildman–Crippen MR) is 111 cm³/mol. The molecule has 2 aromatic carbocycles. The lowest BCUT2D eigenvalue weighted by Crippen LogP contribution is -2.27. The Morgan fingerprint density at radius 1 is 1.00 bits per heavy atom. The number of rotatable bonds is 3. The maximum absolute atomic E-state index is 12.4. The fourth-order valence-corrected chi connectivity index (χ4v) is 4.17. The zero-order valence-electron chi connectivity index (χ0n) is 15.7. The summed E-state index contributed by atoms with van der Waals surface area (Å²) in [6.07, 6.45) is 4.02. The molecule has 2 heterocycles. The number of hydrogen-bond acceptors (Lipinski definition) is 3. The molecule has 0 bridgehead atoms. The van der Waals surface area contributed by atoms with Crippen molar-refractivity contribution in [2.45, 2.75) is 19.8 Å². The molecule has 1 aliphatic heterocycles. The highest BCUT2D eigenvalue weighted by Crippen LogP contribution is 2.25. The third-order valence-electron chi connectivity index (χ3n) is 4.92. The molecule has 5 nitrogen and oxygen atoms in total. The average molecular weight is 391 g/mol. The number of hydrogen-bond donors (Lipinski definition) is 0. The van der Waals surface area contributed by atoms with E-state index in [9.17, 15) is 9.59 Å². The van der Waals surface area contributed by atoms with Crippen molar-refractivity contribution < 1.29 is 9.59 Å². The van der Waals surface area contributed by atoms with Crippen molar-refractivity contribution in [1.82, 2.24) is 9.47 Å². The van der Waals surface area contributed by atoms with Gasteiger partial charge < -0.3 is 4.90 Å². The van der Waals surface area contributed by atoms with Crippen LogP contribution in [-0.2, 0) is 0 Å². The van der Waals surface area contributed by atoms with Crippen LogP contribution in [0.3, 0.4) is 0 Å². The van der Waals surface area contributed by atoms with E-state index in [1.54, 1.807) is 11.8 Å². The second kappa shape index (κ2) is 7.94. The maximum atomic E-state index is 12.4. The molecular weight excluding hydrogens is 370 g/mol. The normalized spacial score (nSPS) is 14.5. The molecule has 0 radical (unpaired) electrons. The number of likely N-dealkylation sites (tertiary alicyclic amines) is 1. The number of Topliss-reactive ketones (excluding diaryl/α,β-unsaturated/α-hetero) is 1. The third kappa shape index (κ3) is 3.68. The fourth-order valence-electron chi connectivity index (χ4n) is 3.45. The highest BCUT2D eigenvalue weighted by molar-refractivity contribution is 7.07. The van der Waals surface area contributed by atoms with Crippen molar-refractivity contribution in [3.63, 3.8) is 0 Å². The molecule has 0 atom stereocenters. The number of ketones is 1. The summed E-state index contributed by atoms with van der Waals surface area (Å²) >= 11 is 1.44. The number of carbonyl (C=O) groups is 2. The van der Waals surface area contributed by atoms with Crippen LogP contribution < -0.4 is 4.80 Å². The van der Waals surface area contributed by atoms with Crippen molar-refractivity contribution in [2.75, 3.05) is 13.1 Å². The molecule has 4 rings (SSSR count). The standard InChI is InChI=1S/C22H21N3O2S/c1-16(26)19-6-2-3-7-20(19)17-8-10-18(11-9-17)25-14-15-28-22(25)23-21(27)24-12-4-5-13-24/h2-3,6-11,14-15H,4-5,12-13H2,1H3/b23-22-. The fraction of sp³-hybridized carbons (Fsp3) is 0.227. The van der Waals surface area contributed by atoms with Gasteiger partial charge in [-0.15, -0.1) is 11.3 Å². The summed E-state index contributed by atoms with van der Waals surface area (Å²) in [5.41, 5.74) is 3.55. The summed E-state index contributed by atoms with van der Waals surface area (Å²) in [5.74, 6) is 0.0494. The van der Waals surface area contributed by atoms with E-state index >= 15 is 0 Å². The molecule has 142 valence electrons. The number of thiazole rings is 1. The molecule has 0 N–H and O–H groups in total. The minimum atomic E-state index is -0.166. The van der Waals surface area contributed by atoms with Crippen molar-refractivity contribution >= 4 is 23.2 Å². The van der Waals surface area contributed by atoms with Gasteiger partial charge in [0.2, 0.25) is 0 Å². The van der Waals surface area contributed by atoms with Gasteiger partial charge in [-0.1, -0.05) is 36.4 Å². The number of aromatic nitrogens is 1. The summed E-state index contributed by atoms with van der Waals surface area (Å²) in [7, 11) is 0. The van der Waals surface area contributed by atoms with E-state index in [1.807, 2.05) is 64.7 Å². The van der Waals surface area contributed by atoms with Gasteiger partial charge in [-0.2, -0.15) is 4.99 Å². The lowest BCUT2D eigenvalue weighted by molar-refractivity contribution is 0.101. The molecular formula is C22H21N3O2S. The van der Waals surface area contributed by atoms with Crippen LogP contribution in [0.5, 0.6) is 0 Å². The summed E-state index contributed by atoms with van der Waals surface area (Å²) in [5, 5.41) is 1.93. The highest BCUT2D eigenvalue weighted by Gasteiger charge is 2.17. The Morgan fingerprint density at radius 2 is 1.71 bits per heavy atom. The molecule has 28 heavy (non-hydrogen) atoms. The van der Waals surface area contributed by atoms with E-state index in [-0.39, 0.29) is 11.8 Å². The Labute approximate surface area is 167 Å².